The van der Waals surface area contributed by atoms with Gasteiger partial charge in [0.15, 0.2) is 0 Å². The fourth-order valence-corrected chi connectivity index (χ4v) is 4.00. The SMILES string of the molecule is COc1ccc(C(=O)NC[C@@H]2CN[C@H](C(=O)N3CCSC3)C2)cc1. The molecule has 0 spiro atoms. The van der Waals surface area contributed by atoms with Gasteiger partial charge < -0.3 is 20.3 Å². The molecule has 2 N–H and O–H groups in total. The Bertz CT molecular complexity index is 587. The van der Waals surface area contributed by atoms with Crippen LogP contribution in [-0.4, -0.2) is 61.1 Å². The Morgan fingerprint density at radius 2 is 2.17 bits per heavy atom. The number of rotatable bonds is 5. The molecule has 0 unspecified atom stereocenters. The van der Waals surface area contributed by atoms with Gasteiger partial charge in [0.2, 0.25) is 5.91 Å². The maximum Gasteiger partial charge on any atom is 0.251 e. The van der Waals surface area contributed by atoms with Crippen molar-refractivity contribution < 1.29 is 14.3 Å². The molecule has 0 aromatic heterocycles. The highest BCUT2D eigenvalue weighted by Gasteiger charge is 2.33. The number of carbonyl (C=O) groups is 2. The van der Waals surface area contributed by atoms with Gasteiger partial charge >= 0.3 is 0 Å². The number of hydrogen-bond donors (Lipinski definition) is 2. The number of nitrogens with one attached hydrogen (secondary N) is 2. The van der Waals surface area contributed by atoms with Gasteiger partial charge in [-0.05, 0) is 36.6 Å². The zero-order valence-corrected chi connectivity index (χ0v) is 14.6. The van der Waals surface area contributed by atoms with Crippen molar-refractivity contribution in [1.29, 1.82) is 0 Å². The Hall–Kier alpha value is -1.73. The fourth-order valence-electron chi connectivity index (χ4n) is 3.04. The first-order chi connectivity index (χ1) is 11.7. The molecular weight excluding hydrogens is 326 g/mol. The summed E-state index contributed by atoms with van der Waals surface area (Å²) < 4.78 is 5.09. The van der Waals surface area contributed by atoms with E-state index in [-0.39, 0.29) is 23.8 Å². The lowest BCUT2D eigenvalue weighted by Crippen LogP contribution is -2.42. The van der Waals surface area contributed by atoms with E-state index in [1.807, 2.05) is 4.90 Å². The number of nitrogens with zero attached hydrogens (tertiary/aromatic N) is 1. The standard InChI is InChI=1S/C17H23N3O3S/c1-23-14-4-2-13(3-5-14)16(21)19-10-12-8-15(18-9-12)17(22)20-6-7-24-11-20/h2-5,12,15,18H,6-11H2,1H3,(H,19,21)/t12-,15-/m0/s1. The van der Waals surface area contributed by atoms with Gasteiger partial charge in [-0.3, -0.25) is 9.59 Å². The number of benzene rings is 1. The summed E-state index contributed by atoms with van der Waals surface area (Å²) >= 11 is 1.80. The molecule has 2 fully saturated rings. The van der Waals surface area contributed by atoms with Crippen LogP contribution in [0.3, 0.4) is 0 Å². The number of amides is 2. The van der Waals surface area contributed by atoms with Crippen LogP contribution in [0.2, 0.25) is 0 Å². The molecule has 1 aromatic rings. The first kappa shape index (κ1) is 17.1. The summed E-state index contributed by atoms with van der Waals surface area (Å²) in [6.45, 7) is 2.19. The highest BCUT2D eigenvalue weighted by atomic mass is 32.2. The predicted octanol–water partition coefficient (Wildman–Crippen LogP) is 0.936. The Morgan fingerprint density at radius 3 is 2.83 bits per heavy atom. The lowest BCUT2D eigenvalue weighted by molar-refractivity contribution is -0.131. The van der Waals surface area contributed by atoms with Crippen molar-refractivity contribution in [3.63, 3.8) is 0 Å². The third kappa shape index (κ3) is 4.02. The Labute approximate surface area is 146 Å². The van der Waals surface area contributed by atoms with Crippen LogP contribution in [0.25, 0.3) is 0 Å². The van der Waals surface area contributed by atoms with E-state index in [2.05, 4.69) is 10.6 Å². The highest BCUT2D eigenvalue weighted by molar-refractivity contribution is 7.99. The molecule has 0 radical (unpaired) electrons. The predicted molar refractivity (Wildman–Crippen MR) is 94.3 cm³/mol. The number of thioether (sulfide) groups is 1. The molecule has 130 valence electrons. The largest absolute Gasteiger partial charge is 0.497 e. The molecular formula is C17H23N3O3S. The fraction of sp³-hybridized carbons (Fsp3) is 0.529. The van der Waals surface area contributed by atoms with E-state index < -0.39 is 0 Å². The Kier molecular flexibility index (Phi) is 5.63. The quantitative estimate of drug-likeness (QED) is 0.828. The minimum absolute atomic E-state index is 0.0941. The topological polar surface area (TPSA) is 70.7 Å². The summed E-state index contributed by atoms with van der Waals surface area (Å²) in [7, 11) is 1.60. The average molecular weight is 349 g/mol. The van der Waals surface area contributed by atoms with Crippen molar-refractivity contribution in [3.05, 3.63) is 29.8 Å². The van der Waals surface area contributed by atoms with Gasteiger partial charge in [-0.25, -0.2) is 0 Å². The van der Waals surface area contributed by atoms with Gasteiger partial charge in [0.1, 0.15) is 5.75 Å². The first-order valence-corrected chi connectivity index (χ1v) is 9.35. The van der Waals surface area contributed by atoms with E-state index in [1.54, 1.807) is 43.1 Å². The highest BCUT2D eigenvalue weighted by Crippen LogP contribution is 2.20. The minimum Gasteiger partial charge on any atom is -0.497 e. The summed E-state index contributed by atoms with van der Waals surface area (Å²) in [5, 5.41) is 6.25. The lowest BCUT2D eigenvalue weighted by Gasteiger charge is -2.19. The number of ether oxygens (including phenoxy) is 1. The van der Waals surface area contributed by atoms with Gasteiger partial charge in [0.25, 0.3) is 5.91 Å². The van der Waals surface area contributed by atoms with Gasteiger partial charge in [-0.2, -0.15) is 0 Å². The second kappa shape index (κ2) is 7.90. The van der Waals surface area contributed by atoms with Crippen molar-refractivity contribution in [2.45, 2.75) is 12.5 Å². The Balaban J connectivity index is 1.45. The number of methoxy groups -OCH3 is 1. The Morgan fingerprint density at radius 1 is 1.38 bits per heavy atom. The van der Waals surface area contributed by atoms with Crippen LogP contribution >= 0.6 is 11.8 Å². The molecule has 2 amide bonds. The summed E-state index contributed by atoms with van der Waals surface area (Å²) in [6, 6.07) is 6.94. The van der Waals surface area contributed by atoms with E-state index >= 15 is 0 Å². The van der Waals surface area contributed by atoms with E-state index in [9.17, 15) is 9.59 Å². The van der Waals surface area contributed by atoms with Crippen LogP contribution in [0.4, 0.5) is 0 Å². The van der Waals surface area contributed by atoms with Gasteiger partial charge in [-0.15, -0.1) is 11.8 Å². The molecule has 0 saturated carbocycles. The number of hydrogen-bond acceptors (Lipinski definition) is 5. The van der Waals surface area contributed by atoms with Crippen LogP contribution in [0.15, 0.2) is 24.3 Å². The lowest BCUT2D eigenvalue weighted by atomic mass is 10.0. The monoisotopic (exact) mass is 349 g/mol. The summed E-state index contributed by atoms with van der Waals surface area (Å²) in [6.07, 6.45) is 0.781. The first-order valence-electron chi connectivity index (χ1n) is 8.19. The molecule has 2 heterocycles. The molecule has 1 aromatic carbocycles. The molecule has 0 bridgehead atoms. The van der Waals surface area contributed by atoms with Crippen LogP contribution in [0.5, 0.6) is 5.75 Å². The van der Waals surface area contributed by atoms with Crippen molar-refractivity contribution in [3.8, 4) is 5.75 Å². The second-order valence-corrected chi connectivity index (χ2v) is 7.21. The van der Waals surface area contributed by atoms with E-state index in [1.165, 1.54) is 0 Å². The molecule has 24 heavy (non-hydrogen) atoms. The van der Waals surface area contributed by atoms with E-state index in [0.29, 0.717) is 12.1 Å². The summed E-state index contributed by atoms with van der Waals surface area (Å²) in [5.74, 6) is 2.95. The van der Waals surface area contributed by atoms with Crippen LogP contribution < -0.4 is 15.4 Å². The second-order valence-electron chi connectivity index (χ2n) is 6.14. The summed E-state index contributed by atoms with van der Waals surface area (Å²) in [4.78, 5) is 26.5. The molecule has 6 nitrogen and oxygen atoms in total. The average Bonchev–Trinajstić information content (AvgIpc) is 3.31. The van der Waals surface area contributed by atoms with Gasteiger partial charge in [0.05, 0.1) is 19.0 Å². The van der Waals surface area contributed by atoms with Crippen molar-refractivity contribution in [2.24, 2.45) is 5.92 Å². The van der Waals surface area contributed by atoms with E-state index in [4.69, 9.17) is 4.74 Å². The van der Waals surface area contributed by atoms with Crippen molar-refractivity contribution in [1.82, 2.24) is 15.5 Å². The maximum atomic E-state index is 12.4. The van der Waals surface area contributed by atoms with Gasteiger partial charge in [-0.1, -0.05) is 0 Å². The molecule has 2 atom stereocenters. The molecule has 2 aliphatic heterocycles. The minimum atomic E-state index is -0.105. The molecule has 7 heteroatoms. The van der Waals surface area contributed by atoms with Crippen LogP contribution in [0, 0.1) is 5.92 Å². The molecule has 2 aliphatic rings. The van der Waals surface area contributed by atoms with Crippen LogP contribution in [-0.2, 0) is 4.79 Å². The third-order valence-corrected chi connectivity index (χ3v) is 5.45. The third-order valence-electron chi connectivity index (χ3n) is 4.49. The van der Waals surface area contributed by atoms with E-state index in [0.717, 1.165) is 36.9 Å². The molecule has 0 aliphatic carbocycles. The summed E-state index contributed by atoms with van der Waals surface area (Å²) in [5.41, 5.74) is 0.614. The number of carbonyl (C=O) groups excluding carboxylic acids is 2. The zero-order chi connectivity index (χ0) is 16.9. The maximum absolute atomic E-state index is 12.4. The van der Waals surface area contributed by atoms with Crippen molar-refractivity contribution >= 4 is 23.6 Å². The van der Waals surface area contributed by atoms with Crippen molar-refractivity contribution in [2.75, 3.05) is 38.4 Å². The molecule has 3 rings (SSSR count). The zero-order valence-electron chi connectivity index (χ0n) is 13.8. The normalized spacial score (nSPS) is 23.3. The molecule has 2 saturated heterocycles. The van der Waals surface area contributed by atoms with Gasteiger partial charge in [0, 0.05) is 31.0 Å². The smallest absolute Gasteiger partial charge is 0.251 e. The van der Waals surface area contributed by atoms with Crippen LogP contribution in [0.1, 0.15) is 16.8 Å².